The molecular formula is C18H19FN4O7S. The van der Waals surface area contributed by atoms with Crippen LogP contribution in [0.3, 0.4) is 0 Å². The van der Waals surface area contributed by atoms with Crippen LogP contribution in [0.1, 0.15) is 6.92 Å². The third-order valence-corrected chi connectivity index (χ3v) is 5.36. The number of hydrogen-bond donors (Lipinski definition) is 3. The maximum Gasteiger partial charge on any atom is 0.321 e. The zero-order valence-electron chi connectivity index (χ0n) is 16.4. The van der Waals surface area contributed by atoms with Gasteiger partial charge in [0.25, 0.3) is 11.6 Å². The average Bonchev–Trinajstić information content (AvgIpc) is 2.73. The first-order valence-electron chi connectivity index (χ1n) is 8.76. The molecule has 2 aromatic carbocycles. The van der Waals surface area contributed by atoms with E-state index in [2.05, 4.69) is 10.6 Å². The number of nitro benzene ring substituents is 1. The van der Waals surface area contributed by atoms with Crippen LogP contribution in [-0.4, -0.2) is 44.9 Å². The molecule has 0 aliphatic heterocycles. The lowest BCUT2D eigenvalue weighted by Gasteiger charge is -2.14. The van der Waals surface area contributed by atoms with Gasteiger partial charge in [0.1, 0.15) is 18.0 Å². The number of carbonyl (C=O) groups is 2. The van der Waals surface area contributed by atoms with E-state index in [9.17, 15) is 32.5 Å². The van der Waals surface area contributed by atoms with Crippen LogP contribution in [0.5, 0.6) is 0 Å². The lowest BCUT2D eigenvalue weighted by Crippen LogP contribution is -2.36. The molecular weight excluding hydrogens is 435 g/mol. The van der Waals surface area contributed by atoms with Crippen molar-refractivity contribution in [2.24, 2.45) is 0 Å². The van der Waals surface area contributed by atoms with E-state index >= 15 is 0 Å². The van der Waals surface area contributed by atoms with Crippen molar-refractivity contribution in [3.8, 4) is 0 Å². The molecule has 0 radical (unpaired) electrons. The second-order valence-corrected chi connectivity index (χ2v) is 7.88. The normalized spacial score (nSPS) is 12.0. The molecule has 1 amide bonds. The number of para-hydroxylation sites is 1. The van der Waals surface area contributed by atoms with E-state index in [1.165, 1.54) is 38.2 Å². The van der Waals surface area contributed by atoms with Gasteiger partial charge in [0.05, 0.1) is 15.5 Å². The standard InChI is InChI=1S/C18H19FN4O7S/c1-11(18(25)22-14-6-4-3-5-13(14)19)30-17(24)10-21-31(28,29)12-7-8-15(20-2)16(9-12)23(26)27/h3-9,11,20-21H,10H2,1-2H3,(H,22,25). The van der Waals surface area contributed by atoms with E-state index in [-0.39, 0.29) is 11.4 Å². The number of amides is 1. The van der Waals surface area contributed by atoms with Crippen molar-refractivity contribution in [2.45, 2.75) is 17.9 Å². The van der Waals surface area contributed by atoms with E-state index in [1.807, 2.05) is 4.72 Å². The number of benzene rings is 2. The Morgan fingerprint density at radius 2 is 1.87 bits per heavy atom. The molecule has 0 aromatic heterocycles. The van der Waals surface area contributed by atoms with Crippen molar-refractivity contribution >= 4 is 39.0 Å². The topological polar surface area (TPSA) is 157 Å². The Labute approximate surface area is 176 Å². The molecule has 0 bridgehead atoms. The lowest BCUT2D eigenvalue weighted by molar-refractivity contribution is -0.384. The number of anilines is 2. The van der Waals surface area contributed by atoms with E-state index in [4.69, 9.17) is 4.74 Å². The van der Waals surface area contributed by atoms with Crippen molar-refractivity contribution < 1.29 is 32.1 Å². The predicted octanol–water partition coefficient (Wildman–Crippen LogP) is 1.62. The Kier molecular flexibility index (Phi) is 7.61. The summed E-state index contributed by atoms with van der Waals surface area (Å²) in [6, 6.07) is 8.54. The molecule has 3 N–H and O–H groups in total. The number of halogens is 1. The molecule has 0 spiro atoms. The van der Waals surface area contributed by atoms with Crippen molar-refractivity contribution in [2.75, 3.05) is 24.2 Å². The van der Waals surface area contributed by atoms with Gasteiger partial charge in [-0.25, -0.2) is 12.8 Å². The molecule has 0 heterocycles. The summed E-state index contributed by atoms with van der Waals surface area (Å²) in [6.45, 7) is 0.392. The smallest absolute Gasteiger partial charge is 0.321 e. The van der Waals surface area contributed by atoms with Crippen molar-refractivity contribution in [3.63, 3.8) is 0 Å². The Morgan fingerprint density at radius 1 is 1.19 bits per heavy atom. The zero-order valence-corrected chi connectivity index (χ0v) is 17.2. The van der Waals surface area contributed by atoms with E-state index < -0.39 is 55.9 Å². The second-order valence-electron chi connectivity index (χ2n) is 6.11. The van der Waals surface area contributed by atoms with Gasteiger partial charge in [0, 0.05) is 13.1 Å². The monoisotopic (exact) mass is 454 g/mol. The van der Waals surface area contributed by atoms with Gasteiger partial charge in [0.15, 0.2) is 6.10 Å². The van der Waals surface area contributed by atoms with Crippen LogP contribution in [0.25, 0.3) is 0 Å². The van der Waals surface area contributed by atoms with Gasteiger partial charge in [-0.15, -0.1) is 0 Å². The fourth-order valence-electron chi connectivity index (χ4n) is 2.37. The molecule has 1 unspecified atom stereocenters. The van der Waals surface area contributed by atoms with E-state index in [0.717, 1.165) is 18.2 Å². The molecule has 0 saturated carbocycles. The summed E-state index contributed by atoms with van der Waals surface area (Å²) in [5.74, 6) is -2.58. The molecule has 31 heavy (non-hydrogen) atoms. The third-order valence-electron chi connectivity index (χ3n) is 3.96. The Hall–Kier alpha value is -3.58. The molecule has 0 aliphatic rings. The van der Waals surface area contributed by atoms with Crippen molar-refractivity contribution in [1.82, 2.24) is 4.72 Å². The first kappa shape index (κ1) is 23.7. The number of ether oxygens (including phenoxy) is 1. The summed E-state index contributed by atoms with van der Waals surface area (Å²) in [6.07, 6.45) is -1.34. The zero-order chi connectivity index (χ0) is 23.2. The van der Waals surface area contributed by atoms with Gasteiger partial charge in [-0.05, 0) is 31.2 Å². The summed E-state index contributed by atoms with van der Waals surface area (Å²) in [5.41, 5.74) is -0.466. The summed E-state index contributed by atoms with van der Waals surface area (Å²) in [5, 5.41) is 15.9. The maximum absolute atomic E-state index is 13.6. The fraction of sp³-hybridized carbons (Fsp3) is 0.222. The summed E-state index contributed by atoms with van der Waals surface area (Å²) in [7, 11) is -2.84. The minimum atomic E-state index is -4.28. The Morgan fingerprint density at radius 3 is 2.48 bits per heavy atom. The minimum Gasteiger partial charge on any atom is -0.452 e. The summed E-state index contributed by atoms with van der Waals surface area (Å²) < 4.78 is 45.0. The van der Waals surface area contributed by atoms with Gasteiger partial charge < -0.3 is 15.4 Å². The van der Waals surface area contributed by atoms with Crippen molar-refractivity contribution in [3.05, 3.63) is 58.4 Å². The molecule has 11 nitrogen and oxygen atoms in total. The molecule has 13 heteroatoms. The minimum absolute atomic E-state index is 0.109. The molecule has 1 atom stereocenters. The highest BCUT2D eigenvalue weighted by Gasteiger charge is 2.23. The van der Waals surface area contributed by atoms with Gasteiger partial charge in [-0.3, -0.25) is 19.7 Å². The average molecular weight is 454 g/mol. The molecule has 166 valence electrons. The number of nitrogens with one attached hydrogen (secondary N) is 3. The highest BCUT2D eigenvalue weighted by molar-refractivity contribution is 7.89. The highest BCUT2D eigenvalue weighted by atomic mass is 32.2. The molecule has 0 saturated heterocycles. The number of carbonyl (C=O) groups excluding carboxylic acids is 2. The Balaban J connectivity index is 1.98. The molecule has 0 aliphatic carbocycles. The highest BCUT2D eigenvalue weighted by Crippen LogP contribution is 2.27. The quantitative estimate of drug-likeness (QED) is 0.293. The van der Waals surface area contributed by atoms with Crippen LogP contribution in [-0.2, 0) is 24.3 Å². The van der Waals surface area contributed by atoms with Gasteiger partial charge >= 0.3 is 5.97 Å². The largest absolute Gasteiger partial charge is 0.452 e. The van der Waals surface area contributed by atoms with Gasteiger partial charge in [-0.1, -0.05) is 12.1 Å². The fourth-order valence-corrected chi connectivity index (χ4v) is 3.36. The predicted molar refractivity (Wildman–Crippen MR) is 108 cm³/mol. The number of nitrogens with zero attached hydrogens (tertiary/aromatic N) is 1. The first-order valence-corrected chi connectivity index (χ1v) is 10.2. The third kappa shape index (κ3) is 6.20. The van der Waals surface area contributed by atoms with Crippen LogP contribution in [0, 0.1) is 15.9 Å². The number of hydrogen-bond acceptors (Lipinski definition) is 8. The molecule has 2 rings (SSSR count). The molecule has 2 aromatic rings. The number of rotatable bonds is 9. The number of sulfonamides is 1. The first-order chi connectivity index (χ1) is 14.5. The van der Waals surface area contributed by atoms with Crippen LogP contribution >= 0.6 is 0 Å². The van der Waals surface area contributed by atoms with Crippen LogP contribution in [0.15, 0.2) is 47.4 Å². The number of esters is 1. The SMILES string of the molecule is CNc1ccc(S(=O)(=O)NCC(=O)OC(C)C(=O)Nc2ccccc2F)cc1[N+](=O)[O-]. The second kappa shape index (κ2) is 9.95. The van der Waals surface area contributed by atoms with Crippen LogP contribution in [0.2, 0.25) is 0 Å². The van der Waals surface area contributed by atoms with E-state index in [0.29, 0.717) is 0 Å². The van der Waals surface area contributed by atoms with Crippen LogP contribution < -0.4 is 15.4 Å². The van der Waals surface area contributed by atoms with Gasteiger partial charge in [0.2, 0.25) is 10.0 Å². The maximum atomic E-state index is 13.6. The van der Waals surface area contributed by atoms with E-state index in [1.54, 1.807) is 0 Å². The molecule has 0 fully saturated rings. The number of nitro groups is 1. The Bertz CT molecular complexity index is 1110. The summed E-state index contributed by atoms with van der Waals surface area (Å²) >= 11 is 0. The van der Waals surface area contributed by atoms with Crippen LogP contribution in [0.4, 0.5) is 21.5 Å². The lowest BCUT2D eigenvalue weighted by atomic mass is 10.3. The summed E-state index contributed by atoms with van der Waals surface area (Å²) in [4.78, 5) is 33.8. The van der Waals surface area contributed by atoms with Gasteiger partial charge in [-0.2, -0.15) is 4.72 Å². The van der Waals surface area contributed by atoms with Crippen molar-refractivity contribution in [1.29, 1.82) is 0 Å².